The maximum Gasteiger partial charge on any atom is 0.0683 e. The summed E-state index contributed by atoms with van der Waals surface area (Å²) in [7, 11) is 1.99. The molecule has 0 aliphatic carbocycles. The lowest BCUT2D eigenvalue weighted by atomic mass is 10.00. The molecule has 2 rings (SSSR count). The summed E-state index contributed by atoms with van der Waals surface area (Å²) < 4.78 is 0. The number of halogens is 1. The Labute approximate surface area is 124 Å². The highest BCUT2D eigenvalue weighted by molar-refractivity contribution is 7.12. The van der Waals surface area contributed by atoms with Gasteiger partial charge in [-0.3, -0.25) is 0 Å². The van der Waals surface area contributed by atoms with E-state index >= 15 is 0 Å². The fraction of sp³-hybridized carbons (Fsp3) is 0.375. The van der Waals surface area contributed by atoms with E-state index in [-0.39, 0.29) is 6.04 Å². The van der Waals surface area contributed by atoms with Crippen molar-refractivity contribution in [1.29, 1.82) is 0 Å². The van der Waals surface area contributed by atoms with Gasteiger partial charge in [-0.1, -0.05) is 24.6 Å². The molecule has 1 atom stereocenters. The van der Waals surface area contributed by atoms with E-state index in [1.165, 1.54) is 20.9 Å². The van der Waals surface area contributed by atoms with E-state index in [0.29, 0.717) is 0 Å². The SMILES string of the molecule is CCc1ccc(C(NC)c2cc(C)c(C)cc2Cl)s1. The third-order valence-electron chi connectivity index (χ3n) is 3.53. The van der Waals surface area contributed by atoms with Crippen molar-refractivity contribution in [2.24, 2.45) is 0 Å². The summed E-state index contributed by atoms with van der Waals surface area (Å²) in [5, 5.41) is 4.23. The van der Waals surface area contributed by atoms with E-state index in [0.717, 1.165) is 17.0 Å². The van der Waals surface area contributed by atoms with Gasteiger partial charge >= 0.3 is 0 Å². The van der Waals surface area contributed by atoms with Crippen LogP contribution in [-0.2, 0) is 6.42 Å². The number of benzene rings is 1. The van der Waals surface area contributed by atoms with Crippen molar-refractivity contribution < 1.29 is 0 Å². The normalized spacial score (nSPS) is 12.7. The van der Waals surface area contributed by atoms with Crippen LogP contribution in [0.15, 0.2) is 24.3 Å². The highest BCUT2D eigenvalue weighted by Gasteiger charge is 2.17. The van der Waals surface area contributed by atoms with Crippen LogP contribution in [-0.4, -0.2) is 7.05 Å². The Kier molecular flexibility index (Phi) is 4.67. The summed E-state index contributed by atoms with van der Waals surface area (Å²) in [5.74, 6) is 0. The van der Waals surface area contributed by atoms with Gasteiger partial charge in [0.25, 0.3) is 0 Å². The molecule has 0 amide bonds. The average molecular weight is 294 g/mol. The Morgan fingerprint density at radius 2 is 1.89 bits per heavy atom. The molecule has 0 saturated heterocycles. The molecule has 3 heteroatoms. The van der Waals surface area contributed by atoms with Crippen molar-refractivity contribution in [3.63, 3.8) is 0 Å². The zero-order valence-electron chi connectivity index (χ0n) is 11.9. The minimum Gasteiger partial charge on any atom is -0.309 e. The first kappa shape index (κ1) is 14.6. The van der Waals surface area contributed by atoms with Crippen LogP contribution < -0.4 is 5.32 Å². The van der Waals surface area contributed by atoms with Gasteiger partial charge in [0.05, 0.1) is 6.04 Å². The molecule has 0 saturated carbocycles. The maximum absolute atomic E-state index is 6.43. The lowest BCUT2D eigenvalue weighted by Crippen LogP contribution is -2.17. The van der Waals surface area contributed by atoms with Crippen molar-refractivity contribution in [3.8, 4) is 0 Å². The van der Waals surface area contributed by atoms with Gasteiger partial charge in [0.2, 0.25) is 0 Å². The van der Waals surface area contributed by atoms with Crippen LogP contribution in [0.2, 0.25) is 5.02 Å². The zero-order valence-corrected chi connectivity index (χ0v) is 13.5. The molecule has 0 radical (unpaired) electrons. The molecule has 1 heterocycles. The second kappa shape index (κ2) is 6.08. The number of rotatable bonds is 4. The highest BCUT2D eigenvalue weighted by Crippen LogP contribution is 2.33. The summed E-state index contributed by atoms with van der Waals surface area (Å²) in [6, 6.07) is 8.85. The van der Waals surface area contributed by atoms with Crippen molar-refractivity contribution in [2.45, 2.75) is 33.2 Å². The molecular formula is C16H20ClNS. The Bertz CT molecular complexity index is 574. The molecule has 102 valence electrons. The molecule has 1 aromatic heterocycles. The standard InChI is InChI=1S/C16H20ClNS/c1-5-12-6-7-15(19-12)16(18-4)13-8-10(2)11(3)9-14(13)17/h6-9,16,18H,5H2,1-4H3. The smallest absolute Gasteiger partial charge is 0.0683 e. The van der Waals surface area contributed by atoms with E-state index in [2.05, 4.69) is 50.4 Å². The van der Waals surface area contributed by atoms with Crippen LogP contribution in [0.3, 0.4) is 0 Å². The molecule has 19 heavy (non-hydrogen) atoms. The predicted molar refractivity (Wildman–Crippen MR) is 85.5 cm³/mol. The Hall–Kier alpha value is -0.830. The Balaban J connectivity index is 2.44. The predicted octanol–water partition coefficient (Wildman–Crippen LogP) is 4.89. The van der Waals surface area contributed by atoms with Crippen LogP contribution in [0.4, 0.5) is 0 Å². The summed E-state index contributed by atoms with van der Waals surface area (Å²) >= 11 is 8.29. The first-order valence-electron chi connectivity index (χ1n) is 6.59. The van der Waals surface area contributed by atoms with Crippen molar-refractivity contribution in [3.05, 3.63) is 55.7 Å². The van der Waals surface area contributed by atoms with Crippen molar-refractivity contribution in [2.75, 3.05) is 7.05 Å². The fourth-order valence-electron chi connectivity index (χ4n) is 2.22. The molecule has 1 N–H and O–H groups in total. The van der Waals surface area contributed by atoms with E-state index in [9.17, 15) is 0 Å². The van der Waals surface area contributed by atoms with E-state index in [4.69, 9.17) is 11.6 Å². The number of nitrogens with one attached hydrogen (secondary N) is 1. The average Bonchev–Trinajstić information content (AvgIpc) is 2.85. The van der Waals surface area contributed by atoms with Gasteiger partial charge in [-0.25, -0.2) is 0 Å². The van der Waals surface area contributed by atoms with Crippen LogP contribution in [0.25, 0.3) is 0 Å². The number of hydrogen-bond donors (Lipinski definition) is 1. The van der Waals surface area contributed by atoms with Gasteiger partial charge in [0.1, 0.15) is 0 Å². The summed E-state index contributed by atoms with van der Waals surface area (Å²) in [6.07, 6.45) is 1.09. The molecule has 0 aliphatic heterocycles. The second-order valence-electron chi connectivity index (χ2n) is 4.84. The van der Waals surface area contributed by atoms with Gasteiger partial charge in [0.15, 0.2) is 0 Å². The van der Waals surface area contributed by atoms with Crippen LogP contribution >= 0.6 is 22.9 Å². The summed E-state index contributed by atoms with van der Waals surface area (Å²) in [5.41, 5.74) is 3.69. The quantitative estimate of drug-likeness (QED) is 0.846. The monoisotopic (exact) mass is 293 g/mol. The second-order valence-corrected chi connectivity index (χ2v) is 6.44. The lowest BCUT2D eigenvalue weighted by Gasteiger charge is -2.18. The molecule has 1 aromatic carbocycles. The first-order chi connectivity index (χ1) is 9.06. The third-order valence-corrected chi connectivity index (χ3v) is 5.15. The van der Waals surface area contributed by atoms with Crippen molar-refractivity contribution >= 4 is 22.9 Å². The molecule has 0 aliphatic rings. The van der Waals surface area contributed by atoms with Crippen LogP contribution in [0.5, 0.6) is 0 Å². The van der Waals surface area contributed by atoms with Crippen molar-refractivity contribution in [1.82, 2.24) is 5.32 Å². The lowest BCUT2D eigenvalue weighted by molar-refractivity contribution is 0.703. The van der Waals surface area contributed by atoms with Crippen LogP contribution in [0, 0.1) is 13.8 Å². The topological polar surface area (TPSA) is 12.0 Å². The molecule has 0 spiro atoms. The number of thiophene rings is 1. The molecule has 0 bridgehead atoms. The summed E-state index contributed by atoms with van der Waals surface area (Å²) in [6.45, 7) is 6.42. The largest absolute Gasteiger partial charge is 0.309 e. The van der Waals surface area contributed by atoms with Crippen LogP contribution in [0.1, 0.15) is 39.4 Å². The van der Waals surface area contributed by atoms with E-state index in [1.807, 2.05) is 18.4 Å². The van der Waals surface area contributed by atoms with E-state index in [1.54, 1.807) is 0 Å². The first-order valence-corrected chi connectivity index (χ1v) is 7.78. The number of hydrogen-bond acceptors (Lipinski definition) is 2. The minimum absolute atomic E-state index is 0.178. The minimum atomic E-state index is 0.178. The fourth-order valence-corrected chi connectivity index (χ4v) is 3.62. The van der Waals surface area contributed by atoms with Gasteiger partial charge in [-0.05, 0) is 62.2 Å². The molecule has 1 nitrogen and oxygen atoms in total. The third kappa shape index (κ3) is 3.02. The highest BCUT2D eigenvalue weighted by atomic mass is 35.5. The Morgan fingerprint density at radius 3 is 2.47 bits per heavy atom. The molecular weight excluding hydrogens is 274 g/mol. The number of aryl methyl sites for hydroxylation is 3. The van der Waals surface area contributed by atoms with E-state index < -0.39 is 0 Å². The molecule has 0 fully saturated rings. The maximum atomic E-state index is 6.43. The van der Waals surface area contributed by atoms with Gasteiger partial charge in [-0.2, -0.15) is 0 Å². The Morgan fingerprint density at radius 1 is 1.21 bits per heavy atom. The van der Waals surface area contributed by atoms with Gasteiger partial charge in [0, 0.05) is 14.8 Å². The zero-order chi connectivity index (χ0) is 14.0. The van der Waals surface area contributed by atoms with Gasteiger partial charge in [-0.15, -0.1) is 11.3 Å². The summed E-state index contributed by atoms with van der Waals surface area (Å²) in [4.78, 5) is 2.74. The molecule has 2 aromatic rings. The van der Waals surface area contributed by atoms with Gasteiger partial charge < -0.3 is 5.32 Å². The molecule has 1 unspecified atom stereocenters.